The predicted octanol–water partition coefficient (Wildman–Crippen LogP) is 2.64. The maximum Gasteiger partial charge on any atom is 0.132 e. The van der Waals surface area contributed by atoms with Gasteiger partial charge in [-0.2, -0.15) is 5.10 Å². The van der Waals surface area contributed by atoms with Crippen LogP contribution in [0.3, 0.4) is 0 Å². The number of hydrogen-bond acceptors (Lipinski definition) is 6. The largest absolute Gasteiger partial charge is 0.497 e. The van der Waals surface area contributed by atoms with E-state index in [9.17, 15) is 0 Å². The Labute approximate surface area is 146 Å². The Morgan fingerprint density at radius 3 is 2.72 bits per heavy atom. The lowest BCUT2D eigenvalue weighted by atomic mass is 10.1. The number of nitrogens with zero attached hydrogens (tertiary/aromatic N) is 4. The Bertz CT molecular complexity index is 884. The van der Waals surface area contributed by atoms with Crippen LogP contribution in [0, 0.1) is 0 Å². The minimum atomic E-state index is 0.178. The normalized spacial score (nSPS) is 20.8. The lowest BCUT2D eigenvalue weighted by Crippen LogP contribution is -2.45. The van der Waals surface area contributed by atoms with Crippen LogP contribution in [0.1, 0.15) is 13.8 Å². The third kappa shape index (κ3) is 3.02. The molecule has 0 spiro atoms. The van der Waals surface area contributed by atoms with Crippen LogP contribution < -0.4 is 9.64 Å². The van der Waals surface area contributed by atoms with E-state index in [1.54, 1.807) is 13.4 Å². The zero-order valence-corrected chi connectivity index (χ0v) is 14.6. The molecule has 1 fully saturated rings. The maximum atomic E-state index is 5.81. The van der Waals surface area contributed by atoms with E-state index in [0.717, 1.165) is 46.9 Å². The van der Waals surface area contributed by atoms with Crippen LogP contribution in [-0.4, -0.2) is 52.6 Å². The summed E-state index contributed by atoms with van der Waals surface area (Å²) in [5, 5.41) is 8.47. The smallest absolute Gasteiger partial charge is 0.132 e. The summed E-state index contributed by atoms with van der Waals surface area (Å²) >= 11 is 0. The highest BCUT2D eigenvalue weighted by Gasteiger charge is 2.24. The topological polar surface area (TPSA) is 76.2 Å². The van der Waals surface area contributed by atoms with Gasteiger partial charge in [0.15, 0.2) is 0 Å². The van der Waals surface area contributed by atoms with Crippen molar-refractivity contribution in [3.63, 3.8) is 0 Å². The molecule has 0 saturated carbocycles. The molecule has 2 aromatic heterocycles. The van der Waals surface area contributed by atoms with Gasteiger partial charge in [0.2, 0.25) is 0 Å². The summed E-state index contributed by atoms with van der Waals surface area (Å²) in [6.45, 7) is 5.79. The molecule has 0 amide bonds. The van der Waals surface area contributed by atoms with Crippen molar-refractivity contribution in [2.75, 3.05) is 25.1 Å². The molecule has 1 saturated heterocycles. The minimum Gasteiger partial charge on any atom is -0.497 e. The fraction of sp³-hybridized carbons (Fsp3) is 0.389. The van der Waals surface area contributed by atoms with Crippen LogP contribution in [0.2, 0.25) is 0 Å². The number of methoxy groups -OCH3 is 1. The van der Waals surface area contributed by atoms with Gasteiger partial charge in [-0.3, -0.25) is 5.10 Å². The summed E-state index contributed by atoms with van der Waals surface area (Å²) in [5.74, 6) is 1.69. The molecule has 1 aliphatic rings. The van der Waals surface area contributed by atoms with Crippen molar-refractivity contribution in [3.05, 3.63) is 30.6 Å². The summed E-state index contributed by atoms with van der Waals surface area (Å²) in [4.78, 5) is 11.1. The standard InChI is InChI=1S/C18H21N5O2/c1-11-8-23(9-12(2)25-11)17-7-16(19-10-20-17)18-14-6-13(24-3)4-5-15(14)21-22-18/h4-7,10-12H,8-9H2,1-3H3,(H,21,22)/t11-,12+. The van der Waals surface area contributed by atoms with E-state index in [-0.39, 0.29) is 12.2 Å². The van der Waals surface area contributed by atoms with E-state index in [1.807, 2.05) is 24.3 Å². The second-order valence-electron chi connectivity index (χ2n) is 6.41. The number of aromatic amines is 1. The predicted molar refractivity (Wildman–Crippen MR) is 95.9 cm³/mol. The van der Waals surface area contributed by atoms with Crippen LogP contribution in [0.4, 0.5) is 5.82 Å². The molecule has 0 aliphatic carbocycles. The fourth-order valence-electron chi connectivity index (χ4n) is 3.33. The lowest BCUT2D eigenvalue weighted by Gasteiger charge is -2.36. The average Bonchev–Trinajstić information content (AvgIpc) is 3.04. The number of morpholine rings is 1. The second kappa shape index (κ2) is 6.33. The number of fused-ring (bicyclic) bond motifs is 1. The SMILES string of the molecule is COc1ccc2[nH]nc(-c3cc(N4C[C@@H](C)O[C@@H](C)C4)ncn3)c2c1. The molecule has 25 heavy (non-hydrogen) atoms. The van der Waals surface area contributed by atoms with Crippen LogP contribution in [-0.2, 0) is 4.74 Å². The molecule has 130 valence electrons. The van der Waals surface area contributed by atoms with Crippen molar-refractivity contribution in [3.8, 4) is 17.1 Å². The van der Waals surface area contributed by atoms with Gasteiger partial charge < -0.3 is 14.4 Å². The number of H-pyrrole nitrogens is 1. The number of aromatic nitrogens is 4. The molecule has 2 atom stereocenters. The van der Waals surface area contributed by atoms with Crippen molar-refractivity contribution < 1.29 is 9.47 Å². The molecular formula is C18H21N5O2. The van der Waals surface area contributed by atoms with Gasteiger partial charge in [-0.25, -0.2) is 9.97 Å². The van der Waals surface area contributed by atoms with Crippen molar-refractivity contribution >= 4 is 16.7 Å². The zero-order valence-electron chi connectivity index (χ0n) is 14.6. The number of ether oxygens (including phenoxy) is 2. The van der Waals surface area contributed by atoms with Gasteiger partial charge in [0.25, 0.3) is 0 Å². The molecule has 7 nitrogen and oxygen atoms in total. The van der Waals surface area contributed by atoms with Crippen molar-refractivity contribution in [2.24, 2.45) is 0 Å². The lowest BCUT2D eigenvalue weighted by molar-refractivity contribution is -0.00546. The summed E-state index contributed by atoms with van der Waals surface area (Å²) < 4.78 is 11.1. The first kappa shape index (κ1) is 15.8. The molecule has 3 heterocycles. The Morgan fingerprint density at radius 2 is 1.96 bits per heavy atom. The molecule has 1 N–H and O–H groups in total. The van der Waals surface area contributed by atoms with E-state index in [2.05, 4.69) is 38.9 Å². The Kier molecular flexibility index (Phi) is 4.01. The first-order chi connectivity index (χ1) is 12.1. The molecule has 0 unspecified atom stereocenters. The highest BCUT2D eigenvalue weighted by Crippen LogP contribution is 2.29. The first-order valence-corrected chi connectivity index (χ1v) is 8.39. The Balaban J connectivity index is 1.72. The van der Waals surface area contributed by atoms with Gasteiger partial charge in [0.1, 0.15) is 23.6 Å². The monoisotopic (exact) mass is 339 g/mol. The third-order valence-corrected chi connectivity index (χ3v) is 4.41. The van der Waals surface area contributed by atoms with Gasteiger partial charge in [-0.05, 0) is 32.0 Å². The summed E-state index contributed by atoms with van der Waals surface area (Å²) in [7, 11) is 1.66. The molecule has 1 aromatic carbocycles. The first-order valence-electron chi connectivity index (χ1n) is 8.39. The van der Waals surface area contributed by atoms with Crippen LogP contribution in [0.15, 0.2) is 30.6 Å². The minimum absolute atomic E-state index is 0.178. The summed E-state index contributed by atoms with van der Waals surface area (Å²) in [5.41, 5.74) is 2.53. The quantitative estimate of drug-likeness (QED) is 0.790. The number of hydrogen-bond donors (Lipinski definition) is 1. The van der Waals surface area contributed by atoms with Gasteiger partial charge in [-0.15, -0.1) is 0 Å². The summed E-state index contributed by atoms with van der Waals surface area (Å²) in [6.07, 6.45) is 1.95. The summed E-state index contributed by atoms with van der Waals surface area (Å²) in [6, 6.07) is 7.82. The van der Waals surface area contributed by atoms with E-state index in [4.69, 9.17) is 9.47 Å². The molecular weight excluding hydrogens is 318 g/mol. The van der Waals surface area contributed by atoms with E-state index in [0.29, 0.717) is 0 Å². The number of anilines is 1. The van der Waals surface area contributed by atoms with E-state index in [1.165, 1.54) is 0 Å². The maximum absolute atomic E-state index is 5.81. The highest BCUT2D eigenvalue weighted by atomic mass is 16.5. The Hall–Kier alpha value is -2.67. The molecule has 4 rings (SSSR count). The van der Waals surface area contributed by atoms with Crippen molar-refractivity contribution in [1.82, 2.24) is 20.2 Å². The number of benzene rings is 1. The van der Waals surface area contributed by atoms with Crippen LogP contribution in [0.5, 0.6) is 5.75 Å². The van der Waals surface area contributed by atoms with Crippen LogP contribution >= 0.6 is 0 Å². The number of nitrogens with one attached hydrogen (secondary N) is 1. The second-order valence-corrected chi connectivity index (χ2v) is 6.41. The van der Waals surface area contributed by atoms with E-state index < -0.39 is 0 Å². The number of rotatable bonds is 3. The zero-order chi connectivity index (χ0) is 17.4. The van der Waals surface area contributed by atoms with Gasteiger partial charge in [0.05, 0.1) is 30.5 Å². The van der Waals surface area contributed by atoms with Crippen LogP contribution in [0.25, 0.3) is 22.3 Å². The van der Waals surface area contributed by atoms with Crippen molar-refractivity contribution in [2.45, 2.75) is 26.1 Å². The third-order valence-electron chi connectivity index (χ3n) is 4.41. The fourth-order valence-corrected chi connectivity index (χ4v) is 3.33. The van der Waals surface area contributed by atoms with Gasteiger partial charge in [-0.1, -0.05) is 0 Å². The average molecular weight is 339 g/mol. The Morgan fingerprint density at radius 1 is 1.16 bits per heavy atom. The van der Waals surface area contributed by atoms with Gasteiger partial charge in [0, 0.05) is 24.5 Å². The molecule has 3 aromatic rings. The molecule has 1 aliphatic heterocycles. The molecule has 0 bridgehead atoms. The van der Waals surface area contributed by atoms with Gasteiger partial charge >= 0.3 is 0 Å². The van der Waals surface area contributed by atoms with Crippen molar-refractivity contribution in [1.29, 1.82) is 0 Å². The van der Waals surface area contributed by atoms with E-state index >= 15 is 0 Å². The highest BCUT2D eigenvalue weighted by molar-refractivity contribution is 5.93. The molecule has 0 radical (unpaired) electrons. The molecule has 7 heteroatoms.